The first-order valence-corrected chi connectivity index (χ1v) is 13.8. The molecule has 5 saturated carbocycles. The SMILES string of the molecule is C=C(C)C1CCC2(CO)CCC3(C)C(CC(O)C4C5(C)CCC(=O)C(C)(C)C5CCC43C)C12. The van der Waals surface area contributed by atoms with Crippen LogP contribution < -0.4 is 0 Å². The van der Waals surface area contributed by atoms with Crippen molar-refractivity contribution in [2.45, 2.75) is 105 Å². The Bertz CT molecular complexity index is 861. The maximum atomic E-state index is 12.9. The molecule has 3 nitrogen and oxygen atoms in total. The molecule has 3 heteroatoms. The minimum absolute atomic E-state index is 0.00670. The fourth-order valence-electron chi connectivity index (χ4n) is 11.4. The average molecular weight is 457 g/mol. The average Bonchev–Trinajstić information content (AvgIpc) is 3.13. The number of carbonyl (C=O) groups is 1. The fraction of sp³-hybridized carbons (Fsp3) is 0.900. The van der Waals surface area contributed by atoms with E-state index in [1.165, 1.54) is 5.57 Å². The molecule has 0 aliphatic heterocycles. The zero-order chi connectivity index (χ0) is 24.2. The van der Waals surface area contributed by atoms with Gasteiger partial charge in [0.2, 0.25) is 0 Å². The van der Waals surface area contributed by atoms with E-state index in [1.54, 1.807) is 0 Å². The van der Waals surface area contributed by atoms with Gasteiger partial charge in [0.25, 0.3) is 0 Å². The molecule has 0 aromatic heterocycles. The lowest BCUT2D eigenvalue weighted by Gasteiger charge is -2.73. The van der Waals surface area contributed by atoms with Gasteiger partial charge in [0.1, 0.15) is 5.78 Å². The van der Waals surface area contributed by atoms with Crippen molar-refractivity contribution >= 4 is 5.78 Å². The normalized spacial score (nSPS) is 55.2. The molecule has 5 fully saturated rings. The van der Waals surface area contributed by atoms with E-state index in [9.17, 15) is 15.0 Å². The first-order chi connectivity index (χ1) is 15.3. The Balaban J connectivity index is 1.60. The van der Waals surface area contributed by atoms with E-state index < -0.39 is 0 Å². The van der Waals surface area contributed by atoms with Crippen molar-refractivity contribution in [3.63, 3.8) is 0 Å². The minimum atomic E-state index is -0.328. The van der Waals surface area contributed by atoms with Gasteiger partial charge in [-0.15, -0.1) is 0 Å². The Morgan fingerprint density at radius 3 is 2.33 bits per heavy atom. The minimum Gasteiger partial charge on any atom is -0.396 e. The van der Waals surface area contributed by atoms with Gasteiger partial charge < -0.3 is 10.2 Å². The molecule has 0 amide bonds. The second kappa shape index (κ2) is 7.19. The molecule has 0 radical (unpaired) electrons. The number of aliphatic hydroxyl groups excluding tert-OH is 2. The first kappa shape index (κ1) is 24.0. The zero-order valence-electron chi connectivity index (χ0n) is 22.0. The third-order valence-electron chi connectivity index (χ3n) is 13.2. The van der Waals surface area contributed by atoms with Crippen molar-refractivity contribution in [2.24, 2.45) is 56.7 Å². The highest BCUT2D eigenvalue weighted by Crippen LogP contribution is 2.77. The Kier molecular flexibility index (Phi) is 5.24. The quantitative estimate of drug-likeness (QED) is 0.488. The summed E-state index contributed by atoms with van der Waals surface area (Å²) < 4.78 is 0. The summed E-state index contributed by atoms with van der Waals surface area (Å²) in [6, 6.07) is 0. The van der Waals surface area contributed by atoms with Gasteiger partial charge in [-0.2, -0.15) is 0 Å². The van der Waals surface area contributed by atoms with Gasteiger partial charge in [-0.05, 0) is 110 Å². The molecule has 0 aromatic carbocycles. The third-order valence-corrected chi connectivity index (χ3v) is 13.2. The fourth-order valence-corrected chi connectivity index (χ4v) is 11.4. The third kappa shape index (κ3) is 2.79. The number of ketones is 1. The molecule has 0 bridgehead atoms. The Hall–Kier alpha value is -0.670. The molecule has 186 valence electrons. The highest BCUT2D eigenvalue weighted by atomic mass is 16.3. The van der Waals surface area contributed by atoms with E-state index in [-0.39, 0.29) is 45.7 Å². The number of rotatable bonds is 2. The maximum Gasteiger partial charge on any atom is 0.138 e. The second-order valence-corrected chi connectivity index (χ2v) is 14.5. The van der Waals surface area contributed by atoms with E-state index >= 15 is 0 Å². The van der Waals surface area contributed by atoms with Crippen LogP contribution >= 0.6 is 0 Å². The van der Waals surface area contributed by atoms with Crippen LogP contribution in [0.1, 0.15) is 99.3 Å². The van der Waals surface area contributed by atoms with Gasteiger partial charge in [0, 0.05) is 18.4 Å². The smallest absolute Gasteiger partial charge is 0.138 e. The lowest BCUT2D eigenvalue weighted by molar-refractivity contribution is -0.267. The molecule has 0 aromatic rings. The topological polar surface area (TPSA) is 57.5 Å². The Labute approximate surface area is 201 Å². The van der Waals surface area contributed by atoms with Crippen LogP contribution in [0.5, 0.6) is 0 Å². The van der Waals surface area contributed by atoms with Gasteiger partial charge in [0.05, 0.1) is 6.10 Å². The summed E-state index contributed by atoms with van der Waals surface area (Å²) in [5, 5.41) is 22.6. The van der Waals surface area contributed by atoms with Crippen molar-refractivity contribution < 1.29 is 15.0 Å². The van der Waals surface area contributed by atoms with Crippen molar-refractivity contribution in [1.29, 1.82) is 0 Å². The molecule has 0 spiro atoms. The predicted molar refractivity (Wildman–Crippen MR) is 132 cm³/mol. The summed E-state index contributed by atoms with van der Waals surface area (Å²) in [4.78, 5) is 12.9. The molecule has 5 rings (SSSR count). The van der Waals surface area contributed by atoms with Crippen molar-refractivity contribution in [3.8, 4) is 0 Å². The number of hydrogen-bond acceptors (Lipinski definition) is 3. The van der Waals surface area contributed by atoms with Crippen molar-refractivity contribution in [1.82, 2.24) is 0 Å². The lowest BCUT2D eigenvalue weighted by atomic mass is 9.32. The number of Topliss-reactive ketones (excluding diaryl/α,β-unsaturated/α-hetero) is 1. The number of fused-ring (bicyclic) bond motifs is 7. The monoisotopic (exact) mass is 456 g/mol. The van der Waals surface area contributed by atoms with Gasteiger partial charge in [-0.25, -0.2) is 0 Å². The first-order valence-electron chi connectivity index (χ1n) is 13.8. The van der Waals surface area contributed by atoms with Crippen LogP contribution in [0.25, 0.3) is 0 Å². The standard InChI is InChI=1S/C30H48O3/c1-18(2)19-8-13-30(17-31)15-14-28(6)20(24(19)30)16-21(32)25-27(5)11-10-23(33)26(3,4)22(27)9-12-29(25,28)7/h19-22,24-25,31-32H,1,8-17H2,2-7H3. The Morgan fingerprint density at radius 2 is 1.70 bits per heavy atom. The molecule has 33 heavy (non-hydrogen) atoms. The molecule has 5 aliphatic rings. The molecule has 0 saturated heterocycles. The van der Waals surface area contributed by atoms with E-state index in [1.807, 2.05) is 0 Å². The van der Waals surface area contributed by atoms with Gasteiger partial charge in [-0.3, -0.25) is 4.79 Å². The summed E-state index contributed by atoms with van der Waals surface area (Å²) in [6.07, 6.45) is 8.81. The van der Waals surface area contributed by atoms with Crippen LogP contribution in [0.3, 0.4) is 0 Å². The predicted octanol–water partition coefficient (Wildman–Crippen LogP) is 6.18. The second-order valence-electron chi connectivity index (χ2n) is 14.5. The van der Waals surface area contributed by atoms with Gasteiger partial charge in [0.15, 0.2) is 0 Å². The van der Waals surface area contributed by atoms with Crippen molar-refractivity contribution in [2.75, 3.05) is 6.61 Å². The van der Waals surface area contributed by atoms with Crippen LogP contribution in [0.2, 0.25) is 0 Å². The van der Waals surface area contributed by atoms with Crippen LogP contribution in [0.4, 0.5) is 0 Å². The highest BCUT2D eigenvalue weighted by molar-refractivity contribution is 5.85. The largest absolute Gasteiger partial charge is 0.396 e. The Morgan fingerprint density at radius 1 is 1.00 bits per heavy atom. The summed E-state index contributed by atoms with van der Waals surface area (Å²) in [5.74, 6) is 2.34. The number of carbonyl (C=O) groups excluding carboxylic acids is 1. The number of allylic oxidation sites excluding steroid dienone is 1. The van der Waals surface area contributed by atoms with Crippen LogP contribution in [0.15, 0.2) is 12.2 Å². The van der Waals surface area contributed by atoms with Crippen molar-refractivity contribution in [3.05, 3.63) is 12.2 Å². The van der Waals surface area contributed by atoms with E-state index in [4.69, 9.17) is 0 Å². The summed E-state index contributed by atoms with van der Waals surface area (Å²) >= 11 is 0. The molecule has 0 heterocycles. The summed E-state index contributed by atoms with van der Waals surface area (Å²) in [6.45, 7) is 18.7. The highest BCUT2D eigenvalue weighted by Gasteiger charge is 2.72. The van der Waals surface area contributed by atoms with E-state index in [2.05, 4.69) is 48.1 Å². The molecular formula is C30H48O3. The van der Waals surface area contributed by atoms with Crippen LogP contribution in [-0.4, -0.2) is 28.7 Å². The zero-order valence-corrected chi connectivity index (χ0v) is 22.0. The van der Waals surface area contributed by atoms with Crippen LogP contribution in [0, 0.1) is 56.7 Å². The molecule has 2 N–H and O–H groups in total. The number of aliphatic hydroxyl groups is 2. The summed E-state index contributed by atoms with van der Waals surface area (Å²) in [5.41, 5.74) is 1.20. The molecule has 5 aliphatic carbocycles. The van der Waals surface area contributed by atoms with E-state index in [0.29, 0.717) is 35.9 Å². The summed E-state index contributed by atoms with van der Waals surface area (Å²) in [7, 11) is 0. The maximum absolute atomic E-state index is 12.9. The van der Waals surface area contributed by atoms with Gasteiger partial charge >= 0.3 is 0 Å². The van der Waals surface area contributed by atoms with Crippen LogP contribution in [-0.2, 0) is 4.79 Å². The van der Waals surface area contributed by atoms with Gasteiger partial charge in [-0.1, -0.05) is 46.8 Å². The van der Waals surface area contributed by atoms with E-state index in [0.717, 1.165) is 51.4 Å². The number of hydrogen-bond donors (Lipinski definition) is 2. The molecule has 10 unspecified atom stereocenters. The lowest BCUT2D eigenvalue weighted by Crippen LogP contribution is -2.69. The molecule has 10 atom stereocenters. The molecular weight excluding hydrogens is 408 g/mol.